The molecule has 224 valence electrons. The molecule has 0 amide bonds. The molecule has 1 fully saturated rings. The lowest BCUT2D eigenvalue weighted by Crippen LogP contribution is -2.46. The summed E-state index contributed by atoms with van der Waals surface area (Å²) in [7, 11) is -5.30. The van der Waals surface area contributed by atoms with Gasteiger partial charge in [0.05, 0.1) is 39.1 Å². The smallest absolute Gasteiger partial charge is 0.349 e. The van der Waals surface area contributed by atoms with Crippen molar-refractivity contribution in [3.63, 3.8) is 0 Å². The first-order valence-corrected chi connectivity index (χ1v) is 12.9. The monoisotopic (exact) mass is 618 g/mol. The molecule has 0 bridgehead atoms. The lowest BCUT2D eigenvalue weighted by molar-refractivity contribution is -0.231. The Bertz CT molecular complexity index is 1630. The van der Waals surface area contributed by atoms with Crippen LogP contribution < -0.4 is 5.69 Å². The number of alkyl halides is 6. The van der Waals surface area contributed by atoms with Crippen LogP contribution in [-0.4, -0.2) is 48.6 Å². The molecular formula is C23H22F7N4O6P. The molecule has 0 spiro atoms. The van der Waals surface area contributed by atoms with Gasteiger partial charge in [-0.15, -0.1) is 9.55 Å². The second-order valence-corrected chi connectivity index (χ2v) is 10.1. The molecule has 0 unspecified atom stereocenters. The van der Waals surface area contributed by atoms with Gasteiger partial charge < -0.3 is 19.3 Å². The number of H-pyrrole nitrogens is 1. The van der Waals surface area contributed by atoms with Crippen LogP contribution in [0, 0.1) is 5.82 Å². The van der Waals surface area contributed by atoms with Crippen molar-refractivity contribution < 1.29 is 60.0 Å². The fraction of sp³-hybridized carbons (Fsp3) is 0.391. The van der Waals surface area contributed by atoms with Crippen molar-refractivity contribution in [2.75, 3.05) is 13.1 Å². The zero-order chi connectivity index (χ0) is 33.9. The quantitative estimate of drug-likeness (QED) is 0.263. The zero-order valence-electron chi connectivity index (χ0n) is 24.4. The second-order valence-electron chi connectivity index (χ2n) is 8.72. The summed E-state index contributed by atoms with van der Waals surface area (Å²) < 4.78 is 150. The maximum absolute atomic E-state index is 13.8. The van der Waals surface area contributed by atoms with Crippen LogP contribution in [0.25, 0.3) is 0 Å². The Balaban J connectivity index is 1.83. The molecule has 0 aliphatic carbocycles. The SMILES string of the molecule is [2H]C1([2H])O[C@H](O[C@H](C)c2cc(C(F)(F)F)cc(C(F)(F)F)c2)[C@H](c2ccc(F)cc2)N(Cc2nn(P(=O)(O)O)c(=O)[nH]2)C1([2H])[2H]. The van der Waals surface area contributed by atoms with Crippen LogP contribution in [0.1, 0.15) is 52.6 Å². The van der Waals surface area contributed by atoms with Crippen LogP contribution >= 0.6 is 7.75 Å². The zero-order valence-corrected chi connectivity index (χ0v) is 21.3. The summed E-state index contributed by atoms with van der Waals surface area (Å²) in [6, 6.07) is 2.93. The summed E-state index contributed by atoms with van der Waals surface area (Å²) in [6.07, 6.45) is -14.1. The third kappa shape index (κ3) is 7.23. The second kappa shape index (κ2) is 11.3. The van der Waals surface area contributed by atoms with Gasteiger partial charge in [0.1, 0.15) is 11.6 Å². The number of nitrogens with zero attached hydrogens (tertiary/aromatic N) is 3. The molecule has 18 heteroatoms. The highest BCUT2D eigenvalue weighted by Gasteiger charge is 2.39. The van der Waals surface area contributed by atoms with Crippen molar-refractivity contribution in [3.8, 4) is 0 Å². The van der Waals surface area contributed by atoms with Gasteiger partial charge in [0.25, 0.3) is 0 Å². The minimum Gasteiger partial charge on any atom is -0.349 e. The van der Waals surface area contributed by atoms with Crippen LogP contribution in [-0.2, 0) is 32.9 Å². The average Bonchev–Trinajstić information content (AvgIpc) is 3.27. The molecule has 3 aromatic rings. The lowest BCUT2D eigenvalue weighted by Gasteiger charge is -2.41. The maximum Gasteiger partial charge on any atom is 0.454 e. The van der Waals surface area contributed by atoms with E-state index in [4.69, 9.17) is 15.0 Å². The molecule has 3 atom stereocenters. The molecule has 10 nitrogen and oxygen atoms in total. The molecule has 0 saturated carbocycles. The first-order chi connectivity index (χ1) is 20.4. The van der Waals surface area contributed by atoms with E-state index in [-0.39, 0.29) is 16.1 Å². The van der Waals surface area contributed by atoms with Gasteiger partial charge in [-0.2, -0.15) is 26.3 Å². The number of aromatic amines is 1. The van der Waals surface area contributed by atoms with Crippen LogP contribution in [0.15, 0.2) is 47.3 Å². The summed E-state index contributed by atoms with van der Waals surface area (Å²) >= 11 is 0. The van der Waals surface area contributed by atoms with Gasteiger partial charge in [-0.1, -0.05) is 12.1 Å². The third-order valence-electron chi connectivity index (χ3n) is 5.80. The number of morpholine rings is 1. The number of benzene rings is 2. The predicted octanol–water partition coefficient (Wildman–Crippen LogP) is 4.37. The van der Waals surface area contributed by atoms with Crippen molar-refractivity contribution in [1.29, 1.82) is 0 Å². The van der Waals surface area contributed by atoms with E-state index in [0.717, 1.165) is 31.2 Å². The molecular weight excluding hydrogens is 592 g/mol. The van der Waals surface area contributed by atoms with E-state index in [1.54, 1.807) is 0 Å². The number of ether oxygens (including phenoxy) is 2. The summed E-state index contributed by atoms with van der Waals surface area (Å²) in [5.74, 6) is -1.38. The standard InChI is InChI=1S/C23H22F7N4O6P/c1-12(14-8-15(22(25,26)27)10-16(9-14)23(28,29)30)40-20-19(13-2-4-17(24)5-3-13)33(6-7-39-20)11-18-31-21(35)34(32-18)41(36,37)38/h2-5,8-10,12,19-20H,6-7,11H2,1H3,(H,31,32,35)(H2,36,37,38)/t12-,19+,20-/m1/s1/i6D2,7D2. The molecule has 3 N–H and O–H groups in total. The van der Waals surface area contributed by atoms with Gasteiger partial charge in [0.2, 0.25) is 0 Å². The van der Waals surface area contributed by atoms with Crippen LogP contribution in [0.3, 0.4) is 0 Å². The molecule has 0 radical (unpaired) electrons. The number of halogens is 7. The minimum absolute atomic E-state index is 0.0650. The van der Waals surface area contributed by atoms with Crippen molar-refractivity contribution in [1.82, 2.24) is 19.4 Å². The van der Waals surface area contributed by atoms with Gasteiger partial charge in [-0.05, 0) is 48.4 Å². The Morgan fingerprint density at radius 2 is 1.73 bits per heavy atom. The van der Waals surface area contributed by atoms with Crippen LogP contribution in [0.2, 0.25) is 0 Å². The van der Waals surface area contributed by atoms with Crippen LogP contribution in [0.5, 0.6) is 0 Å². The van der Waals surface area contributed by atoms with Gasteiger partial charge >= 0.3 is 25.8 Å². The molecule has 1 aliphatic rings. The van der Waals surface area contributed by atoms with Crippen molar-refractivity contribution in [2.45, 2.75) is 44.3 Å². The fourth-order valence-electron chi connectivity index (χ4n) is 3.92. The number of hydrogen-bond donors (Lipinski definition) is 3. The van der Waals surface area contributed by atoms with E-state index < -0.39 is 92.2 Å². The Kier molecular flexibility index (Phi) is 7.06. The Labute approximate surface area is 232 Å². The molecule has 1 aliphatic heterocycles. The summed E-state index contributed by atoms with van der Waals surface area (Å²) in [4.78, 5) is 33.4. The highest BCUT2D eigenvalue weighted by atomic mass is 31.2. The van der Waals surface area contributed by atoms with Gasteiger partial charge in [0.15, 0.2) is 6.29 Å². The molecule has 4 rings (SSSR count). The topological polar surface area (TPSA) is 130 Å². The molecule has 41 heavy (non-hydrogen) atoms. The number of nitrogens with one attached hydrogen (secondary N) is 1. The number of hydrogen-bond acceptors (Lipinski definition) is 6. The fourth-order valence-corrected chi connectivity index (χ4v) is 4.43. The molecule has 1 aromatic heterocycles. The van der Waals surface area contributed by atoms with E-state index in [2.05, 4.69) is 5.10 Å². The van der Waals surface area contributed by atoms with Crippen molar-refractivity contribution in [2.24, 2.45) is 0 Å². The summed E-state index contributed by atoms with van der Waals surface area (Å²) in [6.45, 7) is -6.43. The first kappa shape index (κ1) is 25.6. The van der Waals surface area contributed by atoms with Crippen molar-refractivity contribution >= 4 is 7.75 Å². The summed E-state index contributed by atoms with van der Waals surface area (Å²) in [5, 5.41) is 3.43. The van der Waals surface area contributed by atoms with Gasteiger partial charge in [-0.3, -0.25) is 9.88 Å². The Hall–Kier alpha value is -3.08. The normalized spacial score (nSPS) is 23.8. The Morgan fingerprint density at radius 3 is 2.24 bits per heavy atom. The number of rotatable bonds is 7. The largest absolute Gasteiger partial charge is 0.454 e. The van der Waals surface area contributed by atoms with E-state index in [0.29, 0.717) is 17.0 Å². The van der Waals surface area contributed by atoms with E-state index in [1.807, 2.05) is 4.98 Å². The van der Waals surface area contributed by atoms with E-state index in [1.165, 1.54) is 0 Å². The first-order valence-electron chi connectivity index (χ1n) is 13.3. The molecule has 2 heterocycles. The van der Waals surface area contributed by atoms with E-state index in [9.17, 15) is 49.9 Å². The summed E-state index contributed by atoms with van der Waals surface area (Å²) in [5.41, 5.74) is -5.48. The predicted molar refractivity (Wildman–Crippen MR) is 126 cm³/mol. The highest BCUT2D eigenvalue weighted by molar-refractivity contribution is 7.49. The maximum atomic E-state index is 13.8. The minimum atomic E-state index is -5.30. The third-order valence-corrected chi connectivity index (χ3v) is 6.57. The number of aromatic nitrogens is 3. The van der Waals surface area contributed by atoms with Gasteiger partial charge in [0, 0.05) is 9.24 Å². The van der Waals surface area contributed by atoms with Gasteiger partial charge in [-0.25, -0.2) is 13.8 Å². The average molecular weight is 618 g/mol. The van der Waals surface area contributed by atoms with Crippen LogP contribution in [0.4, 0.5) is 30.7 Å². The Morgan fingerprint density at radius 1 is 1.15 bits per heavy atom. The highest BCUT2D eigenvalue weighted by Crippen LogP contribution is 2.40. The van der Waals surface area contributed by atoms with Crippen molar-refractivity contribution in [3.05, 3.63) is 86.8 Å². The molecule has 1 saturated heterocycles. The van der Waals surface area contributed by atoms with E-state index >= 15 is 0 Å². The molecule has 2 aromatic carbocycles. The lowest BCUT2D eigenvalue weighted by atomic mass is 10.0.